The van der Waals surface area contributed by atoms with Crippen LogP contribution in [0.15, 0.2) is 24.3 Å². The van der Waals surface area contributed by atoms with Crippen LogP contribution in [0, 0.1) is 5.92 Å². The van der Waals surface area contributed by atoms with Crippen molar-refractivity contribution in [2.24, 2.45) is 11.7 Å². The zero-order valence-corrected chi connectivity index (χ0v) is 11.9. The van der Waals surface area contributed by atoms with Gasteiger partial charge in [0.05, 0.1) is 0 Å². The predicted octanol–water partition coefficient (Wildman–Crippen LogP) is 3.85. The highest BCUT2D eigenvalue weighted by atomic mass is 19.4. The van der Waals surface area contributed by atoms with Gasteiger partial charge in [0.1, 0.15) is 6.61 Å². The Kier molecular flexibility index (Phi) is 6.49. The summed E-state index contributed by atoms with van der Waals surface area (Å²) in [6.45, 7) is 3.09. The minimum atomic E-state index is -4.28. The lowest BCUT2D eigenvalue weighted by Crippen LogP contribution is -2.19. The van der Waals surface area contributed by atoms with E-state index in [0.717, 1.165) is 12.0 Å². The molecule has 0 fully saturated rings. The average Bonchev–Trinajstić information content (AvgIpc) is 2.33. The Morgan fingerprint density at radius 1 is 1.15 bits per heavy atom. The van der Waals surface area contributed by atoms with Gasteiger partial charge in [-0.3, -0.25) is 0 Å². The molecule has 2 nitrogen and oxygen atoms in total. The van der Waals surface area contributed by atoms with Crippen LogP contribution in [0.25, 0.3) is 0 Å². The minimum absolute atomic E-state index is 0.00836. The highest BCUT2D eigenvalue weighted by Gasteiger charge is 2.27. The lowest BCUT2D eigenvalue weighted by Gasteiger charge is -2.14. The van der Waals surface area contributed by atoms with Crippen molar-refractivity contribution in [3.63, 3.8) is 0 Å². The van der Waals surface area contributed by atoms with E-state index in [4.69, 9.17) is 5.73 Å². The Morgan fingerprint density at radius 3 is 2.25 bits per heavy atom. The quantitative estimate of drug-likeness (QED) is 0.774. The Balaban J connectivity index is 2.38. The Bertz CT molecular complexity index is 387. The molecule has 0 radical (unpaired) electrons. The molecule has 20 heavy (non-hydrogen) atoms. The Hall–Kier alpha value is -1.07. The first kappa shape index (κ1) is 17.0. The third-order valence-corrected chi connectivity index (χ3v) is 2.89. The number of ether oxygens (including phenoxy) is 1. The second kappa shape index (κ2) is 7.64. The summed E-state index contributed by atoms with van der Waals surface area (Å²) in [6, 6.07) is 7.62. The molecule has 1 unspecified atom stereocenters. The fourth-order valence-electron chi connectivity index (χ4n) is 1.94. The van der Waals surface area contributed by atoms with E-state index >= 15 is 0 Å². The summed E-state index contributed by atoms with van der Waals surface area (Å²) in [5, 5.41) is 0. The first-order chi connectivity index (χ1) is 9.28. The lowest BCUT2D eigenvalue weighted by molar-refractivity contribution is -0.174. The fraction of sp³-hybridized carbons (Fsp3) is 0.600. The first-order valence-electron chi connectivity index (χ1n) is 6.77. The molecule has 0 amide bonds. The zero-order chi connectivity index (χ0) is 15.2. The normalized spacial score (nSPS) is 13.8. The maximum absolute atomic E-state index is 11.9. The van der Waals surface area contributed by atoms with Crippen LogP contribution in [-0.4, -0.2) is 19.4 Å². The lowest BCUT2D eigenvalue weighted by atomic mass is 9.99. The van der Waals surface area contributed by atoms with E-state index in [0.29, 0.717) is 12.3 Å². The average molecular weight is 289 g/mol. The number of benzene rings is 1. The standard InChI is InChI=1S/C15H22F3NO/c1-11(2)9-12-3-5-13(6-4-12)14(19)7-8-20-10-15(16,17)18/h3-6,11,14H,7-10,19H2,1-2H3. The topological polar surface area (TPSA) is 35.2 Å². The molecular weight excluding hydrogens is 267 g/mol. The summed E-state index contributed by atoms with van der Waals surface area (Å²) in [5.41, 5.74) is 8.10. The van der Waals surface area contributed by atoms with Gasteiger partial charge in [-0.1, -0.05) is 38.1 Å². The summed E-state index contributed by atoms with van der Waals surface area (Å²) in [5.74, 6) is 0.588. The summed E-state index contributed by atoms with van der Waals surface area (Å²) in [7, 11) is 0. The number of hydrogen-bond acceptors (Lipinski definition) is 2. The van der Waals surface area contributed by atoms with Crippen LogP contribution in [-0.2, 0) is 11.2 Å². The summed E-state index contributed by atoms with van der Waals surface area (Å²) >= 11 is 0. The number of nitrogens with two attached hydrogens (primary N) is 1. The van der Waals surface area contributed by atoms with E-state index < -0.39 is 12.8 Å². The third-order valence-electron chi connectivity index (χ3n) is 2.89. The molecule has 2 N–H and O–H groups in total. The molecule has 0 spiro atoms. The molecule has 0 bridgehead atoms. The number of alkyl halides is 3. The monoisotopic (exact) mass is 289 g/mol. The second-order valence-electron chi connectivity index (χ2n) is 5.40. The maximum Gasteiger partial charge on any atom is 0.411 e. The van der Waals surface area contributed by atoms with Gasteiger partial charge in [0.2, 0.25) is 0 Å². The van der Waals surface area contributed by atoms with Gasteiger partial charge in [0, 0.05) is 12.6 Å². The van der Waals surface area contributed by atoms with Crippen LogP contribution < -0.4 is 5.73 Å². The second-order valence-corrected chi connectivity index (χ2v) is 5.40. The predicted molar refractivity (Wildman–Crippen MR) is 73.4 cm³/mol. The molecule has 5 heteroatoms. The molecule has 1 aromatic carbocycles. The van der Waals surface area contributed by atoms with Gasteiger partial charge < -0.3 is 10.5 Å². The van der Waals surface area contributed by atoms with Gasteiger partial charge >= 0.3 is 6.18 Å². The van der Waals surface area contributed by atoms with Gasteiger partial charge in [-0.15, -0.1) is 0 Å². The van der Waals surface area contributed by atoms with E-state index in [-0.39, 0.29) is 12.6 Å². The van der Waals surface area contributed by atoms with Crippen LogP contribution in [0.1, 0.15) is 37.4 Å². The van der Waals surface area contributed by atoms with E-state index in [2.05, 4.69) is 18.6 Å². The van der Waals surface area contributed by atoms with Crippen molar-refractivity contribution in [1.29, 1.82) is 0 Å². The van der Waals surface area contributed by atoms with Crippen LogP contribution in [0.4, 0.5) is 13.2 Å². The van der Waals surface area contributed by atoms with Crippen molar-refractivity contribution >= 4 is 0 Å². The van der Waals surface area contributed by atoms with Crippen LogP contribution in [0.5, 0.6) is 0 Å². The fourth-order valence-corrected chi connectivity index (χ4v) is 1.94. The zero-order valence-electron chi connectivity index (χ0n) is 11.9. The van der Waals surface area contributed by atoms with Crippen molar-refractivity contribution in [3.05, 3.63) is 35.4 Å². The summed E-state index contributed by atoms with van der Waals surface area (Å²) < 4.78 is 40.2. The molecule has 0 aromatic heterocycles. The molecule has 114 valence electrons. The number of hydrogen-bond donors (Lipinski definition) is 1. The van der Waals surface area contributed by atoms with Crippen LogP contribution in [0.2, 0.25) is 0 Å². The van der Waals surface area contributed by atoms with Gasteiger partial charge in [0.15, 0.2) is 0 Å². The number of halogens is 3. The summed E-state index contributed by atoms with van der Waals surface area (Å²) in [6.07, 6.45) is -2.90. The van der Waals surface area contributed by atoms with Gasteiger partial charge in [-0.05, 0) is 29.9 Å². The molecule has 1 rings (SSSR count). The molecule has 0 saturated carbocycles. The highest BCUT2D eigenvalue weighted by molar-refractivity contribution is 5.25. The summed E-state index contributed by atoms with van der Waals surface area (Å²) in [4.78, 5) is 0. The minimum Gasteiger partial charge on any atom is -0.372 e. The molecule has 0 saturated heterocycles. The van der Waals surface area contributed by atoms with Gasteiger partial charge in [0.25, 0.3) is 0 Å². The molecule has 0 aliphatic rings. The Morgan fingerprint density at radius 2 is 1.75 bits per heavy atom. The van der Waals surface area contributed by atoms with Crippen LogP contribution in [0.3, 0.4) is 0 Å². The maximum atomic E-state index is 11.9. The van der Waals surface area contributed by atoms with E-state index in [1.54, 1.807) is 0 Å². The van der Waals surface area contributed by atoms with Crippen LogP contribution >= 0.6 is 0 Å². The van der Waals surface area contributed by atoms with Gasteiger partial charge in [-0.2, -0.15) is 13.2 Å². The van der Waals surface area contributed by atoms with E-state index in [1.807, 2.05) is 24.3 Å². The van der Waals surface area contributed by atoms with E-state index in [9.17, 15) is 13.2 Å². The van der Waals surface area contributed by atoms with Crippen molar-refractivity contribution in [1.82, 2.24) is 0 Å². The molecule has 0 aliphatic carbocycles. The molecule has 0 heterocycles. The van der Waals surface area contributed by atoms with Crippen molar-refractivity contribution in [2.45, 2.75) is 38.9 Å². The number of rotatable bonds is 7. The molecular formula is C15H22F3NO. The largest absolute Gasteiger partial charge is 0.411 e. The SMILES string of the molecule is CC(C)Cc1ccc(C(N)CCOCC(F)(F)F)cc1. The van der Waals surface area contributed by atoms with Crippen molar-refractivity contribution in [2.75, 3.05) is 13.2 Å². The van der Waals surface area contributed by atoms with Gasteiger partial charge in [-0.25, -0.2) is 0 Å². The molecule has 1 aromatic rings. The molecule has 1 atom stereocenters. The Labute approximate surface area is 118 Å². The third kappa shape index (κ3) is 6.91. The molecule has 0 aliphatic heterocycles. The smallest absolute Gasteiger partial charge is 0.372 e. The first-order valence-corrected chi connectivity index (χ1v) is 6.77. The van der Waals surface area contributed by atoms with E-state index in [1.165, 1.54) is 5.56 Å². The van der Waals surface area contributed by atoms with Crippen molar-refractivity contribution < 1.29 is 17.9 Å². The van der Waals surface area contributed by atoms with Crippen molar-refractivity contribution in [3.8, 4) is 0 Å². The highest BCUT2D eigenvalue weighted by Crippen LogP contribution is 2.18.